The Hall–Kier alpha value is -3.60. The van der Waals surface area contributed by atoms with Crippen LogP contribution >= 0.6 is 0 Å². The van der Waals surface area contributed by atoms with Gasteiger partial charge in [0, 0.05) is 0 Å². The molecular weight excluding hydrogens is 584 g/mol. The van der Waals surface area contributed by atoms with Crippen molar-refractivity contribution in [2.75, 3.05) is 0 Å². The third-order valence-corrected chi connectivity index (χ3v) is 7.61. The number of hydrogen-bond donors (Lipinski definition) is 8. The Balaban J connectivity index is 1.50. The highest BCUT2D eigenvalue weighted by molar-refractivity contribution is 5.90. The number of ether oxygens (including phenoxy) is 4. The van der Waals surface area contributed by atoms with Crippen molar-refractivity contribution in [1.29, 1.82) is 0 Å². The zero-order chi connectivity index (χ0) is 32.3. The minimum atomic E-state index is -1.83. The van der Waals surface area contributed by atoms with Crippen LogP contribution in [0.1, 0.15) is 37.8 Å². The van der Waals surface area contributed by atoms with Crippen molar-refractivity contribution in [2.45, 2.75) is 88.1 Å². The van der Waals surface area contributed by atoms with E-state index in [-0.39, 0.29) is 11.5 Å². The smallest absolute Gasteiger partial charge is 0.335 e. The maximum Gasteiger partial charge on any atom is 0.335 e. The molecule has 0 radical (unpaired) electrons. The summed E-state index contributed by atoms with van der Waals surface area (Å²) in [4.78, 5) is 22.7. The van der Waals surface area contributed by atoms with E-state index in [9.17, 15) is 50.4 Å². The standard InChI is InChI=1S/C30H36O14/c1-3-17(13-5-9-15(10-6-13)41-29-23(35)19(31)21(33)25(43-29)27(37)38)18(4-2)14-7-11-16(12-8-14)42-30-24(36)20(32)22(34)26(44-30)28(39)40/h5-12,19-26,29-36H,3-4H2,1-2H3,(H,37,38)(H,39,40)/b18-17+/t19-,20-,21-,22-,23+,24+,25-,26-,29+,30+/m0/s1. The highest BCUT2D eigenvalue weighted by atomic mass is 16.7. The molecule has 8 N–H and O–H groups in total. The predicted molar refractivity (Wildman–Crippen MR) is 150 cm³/mol. The minimum Gasteiger partial charge on any atom is -0.479 e. The largest absolute Gasteiger partial charge is 0.479 e. The molecule has 240 valence electrons. The molecule has 0 saturated carbocycles. The summed E-state index contributed by atoms with van der Waals surface area (Å²) < 4.78 is 21.5. The molecule has 0 aliphatic carbocycles. The Morgan fingerprint density at radius 2 is 0.886 bits per heavy atom. The first kappa shape index (κ1) is 33.3. The van der Waals surface area contributed by atoms with Crippen molar-refractivity contribution in [1.82, 2.24) is 0 Å². The first-order valence-corrected chi connectivity index (χ1v) is 14.0. The molecule has 2 aliphatic heterocycles. The summed E-state index contributed by atoms with van der Waals surface area (Å²) in [6, 6.07) is 13.5. The van der Waals surface area contributed by atoms with Crippen LogP contribution in [0.4, 0.5) is 0 Å². The van der Waals surface area contributed by atoms with E-state index < -0.39 is 73.4 Å². The summed E-state index contributed by atoms with van der Waals surface area (Å²) in [5.74, 6) is -2.56. The number of hydrogen-bond acceptors (Lipinski definition) is 12. The monoisotopic (exact) mass is 620 g/mol. The van der Waals surface area contributed by atoms with Crippen molar-refractivity contribution < 1.29 is 69.4 Å². The number of carbonyl (C=O) groups is 2. The lowest BCUT2D eigenvalue weighted by Gasteiger charge is -2.38. The van der Waals surface area contributed by atoms with Crippen LogP contribution in [0.25, 0.3) is 11.1 Å². The molecule has 0 aromatic heterocycles. The Bertz CT molecular complexity index is 1220. The van der Waals surface area contributed by atoms with Crippen LogP contribution in [0.5, 0.6) is 11.5 Å². The fraction of sp³-hybridized carbons (Fsp3) is 0.467. The molecule has 14 heteroatoms. The van der Waals surface area contributed by atoms with E-state index in [1.807, 2.05) is 13.8 Å². The Kier molecular flexibility index (Phi) is 10.6. The molecule has 10 atom stereocenters. The number of aliphatic carboxylic acids is 2. The predicted octanol–water partition coefficient (Wildman–Crippen LogP) is -0.0406. The van der Waals surface area contributed by atoms with Gasteiger partial charge < -0.3 is 59.8 Å². The summed E-state index contributed by atoms with van der Waals surface area (Å²) in [7, 11) is 0. The third kappa shape index (κ3) is 6.87. The second-order valence-electron chi connectivity index (χ2n) is 10.4. The second-order valence-corrected chi connectivity index (χ2v) is 10.4. The number of aliphatic hydroxyl groups excluding tert-OH is 6. The van der Waals surface area contributed by atoms with Crippen LogP contribution in [0.15, 0.2) is 48.5 Å². The molecule has 44 heavy (non-hydrogen) atoms. The molecule has 2 aromatic carbocycles. The Labute approximate surface area is 251 Å². The number of rotatable bonds is 10. The first-order chi connectivity index (χ1) is 20.9. The SMILES string of the molecule is CC/C(=C(/CC)c1ccc(O[C@@H]2O[C@H](C(=O)O)[C@@H](O)[C@H](O)[C@H]2O)cc1)c1ccc(O[C@@H]2O[C@H](C(=O)O)[C@@H](O)[C@H](O)[C@H]2O)cc1. The lowest BCUT2D eigenvalue weighted by molar-refractivity contribution is -0.271. The van der Waals surface area contributed by atoms with Gasteiger partial charge in [0.2, 0.25) is 12.6 Å². The van der Waals surface area contributed by atoms with Gasteiger partial charge in [0.05, 0.1) is 0 Å². The van der Waals surface area contributed by atoms with Gasteiger partial charge in [-0.15, -0.1) is 0 Å². The van der Waals surface area contributed by atoms with Gasteiger partial charge in [-0.25, -0.2) is 9.59 Å². The highest BCUT2D eigenvalue weighted by Gasteiger charge is 2.49. The van der Waals surface area contributed by atoms with Crippen LogP contribution in [0, 0.1) is 0 Å². The van der Waals surface area contributed by atoms with Crippen molar-refractivity contribution in [3.63, 3.8) is 0 Å². The van der Waals surface area contributed by atoms with E-state index in [0.717, 1.165) is 22.3 Å². The van der Waals surface area contributed by atoms with E-state index in [1.165, 1.54) is 0 Å². The maximum absolute atomic E-state index is 11.4. The topological polar surface area (TPSA) is 233 Å². The zero-order valence-electron chi connectivity index (χ0n) is 23.8. The number of carboxylic acids is 2. The van der Waals surface area contributed by atoms with Crippen molar-refractivity contribution >= 4 is 23.1 Å². The van der Waals surface area contributed by atoms with Gasteiger partial charge in [0.25, 0.3) is 0 Å². The number of benzene rings is 2. The maximum atomic E-state index is 11.4. The molecule has 2 saturated heterocycles. The summed E-state index contributed by atoms with van der Waals surface area (Å²) in [6.07, 6.45) is -15.9. The normalized spacial score (nSPS) is 32.8. The van der Waals surface area contributed by atoms with E-state index >= 15 is 0 Å². The van der Waals surface area contributed by atoms with Crippen LogP contribution in [-0.2, 0) is 19.1 Å². The van der Waals surface area contributed by atoms with Crippen molar-refractivity contribution in [3.8, 4) is 11.5 Å². The van der Waals surface area contributed by atoms with Gasteiger partial charge in [-0.3, -0.25) is 0 Å². The molecule has 0 unspecified atom stereocenters. The van der Waals surface area contributed by atoms with Crippen LogP contribution in [0.3, 0.4) is 0 Å². The van der Waals surface area contributed by atoms with E-state index in [4.69, 9.17) is 18.9 Å². The lowest BCUT2D eigenvalue weighted by atomic mass is 9.91. The molecule has 2 heterocycles. The quantitative estimate of drug-likeness (QED) is 0.163. The van der Waals surface area contributed by atoms with E-state index in [0.29, 0.717) is 12.8 Å². The van der Waals surface area contributed by atoms with Gasteiger partial charge in [0.1, 0.15) is 48.1 Å². The fourth-order valence-electron chi connectivity index (χ4n) is 5.22. The number of aliphatic hydroxyl groups is 6. The van der Waals surface area contributed by atoms with Gasteiger partial charge in [-0.1, -0.05) is 38.1 Å². The van der Waals surface area contributed by atoms with Gasteiger partial charge in [0.15, 0.2) is 12.2 Å². The molecule has 2 aliphatic rings. The van der Waals surface area contributed by atoms with Crippen LogP contribution < -0.4 is 9.47 Å². The highest BCUT2D eigenvalue weighted by Crippen LogP contribution is 2.34. The lowest BCUT2D eigenvalue weighted by Crippen LogP contribution is -2.61. The molecular formula is C30H36O14. The molecule has 4 rings (SSSR count). The minimum absolute atomic E-state index is 0.232. The first-order valence-electron chi connectivity index (χ1n) is 14.0. The molecule has 0 amide bonds. The second kappa shape index (κ2) is 14.0. The molecule has 0 bridgehead atoms. The fourth-order valence-corrected chi connectivity index (χ4v) is 5.22. The average molecular weight is 621 g/mol. The zero-order valence-corrected chi connectivity index (χ0v) is 23.8. The van der Waals surface area contributed by atoms with Crippen molar-refractivity contribution in [3.05, 3.63) is 59.7 Å². The summed E-state index contributed by atoms with van der Waals surface area (Å²) in [5, 5.41) is 78.7. The van der Waals surface area contributed by atoms with Crippen molar-refractivity contribution in [2.24, 2.45) is 0 Å². The van der Waals surface area contributed by atoms with E-state index in [2.05, 4.69) is 0 Å². The van der Waals surface area contributed by atoms with Gasteiger partial charge >= 0.3 is 11.9 Å². The Morgan fingerprint density at radius 3 is 1.16 bits per heavy atom. The molecule has 2 aromatic rings. The number of allylic oxidation sites excluding steroid dienone is 2. The van der Waals surface area contributed by atoms with E-state index in [1.54, 1.807) is 48.5 Å². The Morgan fingerprint density at radius 1 is 0.568 bits per heavy atom. The van der Waals surface area contributed by atoms with Crippen LogP contribution in [0.2, 0.25) is 0 Å². The summed E-state index contributed by atoms with van der Waals surface area (Å²) in [5.41, 5.74) is 3.70. The molecule has 0 spiro atoms. The van der Waals surface area contributed by atoms with Gasteiger partial charge in [-0.05, 0) is 59.4 Å². The summed E-state index contributed by atoms with van der Waals surface area (Å²) >= 11 is 0. The average Bonchev–Trinajstić information content (AvgIpc) is 3.01. The third-order valence-electron chi connectivity index (χ3n) is 7.61. The molecule has 14 nitrogen and oxygen atoms in total. The van der Waals surface area contributed by atoms with Crippen LogP contribution in [-0.4, -0.2) is 114 Å². The summed E-state index contributed by atoms with van der Waals surface area (Å²) in [6.45, 7) is 3.97. The number of carboxylic acid groups (broad SMARTS) is 2. The molecule has 2 fully saturated rings. The van der Waals surface area contributed by atoms with Gasteiger partial charge in [-0.2, -0.15) is 0 Å².